The topological polar surface area (TPSA) is 28.7 Å². The van der Waals surface area contributed by atoms with Gasteiger partial charge >= 0.3 is 0 Å². The molecule has 0 aliphatic carbocycles. The number of aromatic amines is 1. The van der Waals surface area contributed by atoms with E-state index in [-0.39, 0.29) is 0 Å². The first-order valence-electron chi connectivity index (χ1n) is 5.19. The number of aromatic nitrogens is 2. The number of hydrogen-bond acceptors (Lipinski definition) is 2. The molecule has 17 heavy (non-hydrogen) atoms. The van der Waals surface area contributed by atoms with Crippen molar-refractivity contribution in [1.82, 2.24) is 9.97 Å². The molecule has 3 rings (SSSR count). The van der Waals surface area contributed by atoms with Crippen molar-refractivity contribution in [2.45, 2.75) is 0 Å². The van der Waals surface area contributed by atoms with E-state index in [1.165, 1.54) is 0 Å². The molecule has 0 radical (unpaired) electrons. The van der Waals surface area contributed by atoms with Crippen LogP contribution in [-0.2, 0) is 0 Å². The fourth-order valence-corrected chi connectivity index (χ4v) is 3.11. The highest BCUT2D eigenvalue weighted by atomic mass is 79.9. The van der Waals surface area contributed by atoms with Crippen molar-refractivity contribution in [3.63, 3.8) is 0 Å². The van der Waals surface area contributed by atoms with Crippen LogP contribution in [0.25, 0.3) is 22.0 Å². The molecule has 0 saturated carbocycles. The molecule has 0 fully saturated rings. The van der Waals surface area contributed by atoms with E-state index in [2.05, 4.69) is 37.3 Å². The summed E-state index contributed by atoms with van der Waals surface area (Å²) in [6.07, 6.45) is 1.91. The summed E-state index contributed by atoms with van der Waals surface area (Å²) in [6, 6.07) is 12.1. The van der Waals surface area contributed by atoms with Gasteiger partial charge in [0, 0.05) is 21.6 Å². The number of thiazole rings is 1. The zero-order chi connectivity index (χ0) is 11.7. The number of hydrogen-bond donors (Lipinski definition) is 1. The third-order valence-electron chi connectivity index (χ3n) is 2.48. The number of rotatable bonds is 2. The monoisotopic (exact) mass is 304 g/mol. The molecule has 0 atom stereocenters. The molecular formula is C13H9BrN2S. The molecular weight excluding hydrogens is 296 g/mol. The van der Waals surface area contributed by atoms with Gasteiger partial charge in [-0.05, 0) is 18.2 Å². The SMILES string of the molecule is Brc1ccccc1-c1nc(-c2ccc[nH]2)cs1. The molecule has 4 heteroatoms. The van der Waals surface area contributed by atoms with Crippen molar-refractivity contribution >= 4 is 27.3 Å². The molecule has 1 N–H and O–H groups in total. The van der Waals surface area contributed by atoms with Gasteiger partial charge in [-0.3, -0.25) is 0 Å². The Morgan fingerprint density at radius 2 is 2.00 bits per heavy atom. The van der Waals surface area contributed by atoms with Gasteiger partial charge in [-0.2, -0.15) is 0 Å². The first-order chi connectivity index (χ1) is 8.34. The highest BCUT2D eigenvalue weighted by Gasteiger charge is 2.08. The molecule has 0 aliphatic heterocycles. The molecule has 0 spiro atoms. The predicted octanol–water partition coefficient (Wildman–Crippen LogP) is 4.57. The van der Waals surface area contributed by atoms with Crippen LogP contribution < -0.4 is 0 Å². The molecule has 2 heterocycles. The molecule has 0 bridgehead atoms. The average molecular weight is 305 g/mol. The first-order valence-corrected chi connectivity index (χ1v) is 6.86. The van der Waals surface area contributed by atoms with Crippen LogP contribution in [0.15, 0.2) is 52.4 Å². The summed E-state index contributed by atoms with van der Waals surface area (Å²) >= 11 is 5.20. The molecule has 0 unspecified atom stereocenters. The number of nitrogens with zero attached hydrogens (tertiary/aromatic N) is 1. The third kappa shape index (κ3) is 2.06. The Balaban J connectivity index is 2.04. The number of halogens is 1. The van der Waals surface area contributed by atoms with Crippen molar-refractivity contribution in [2.75, 3.05) is 0 Å². The molecule has 0 aliphatic rings. The van der Waals surface area contributed by atoms with Crippen molar-refractivity contribution in [3.05, 3.63) is 52.4 Å². The van der Waals surface area contributed by atoms with Crippen LogP contribution in [0.1, 0.15) is 0 Å². The van der Waals surface area contributed by atoms with Crippen LogP contribution in [0.3, 0.4) is 0 Å². The van der Waals surface area contributed by atoms with Gasteiger partial charge in [0.25, 0.3) is 0 Å². The van der Waals surface area contributed by atoms with Crippen molar-refractivity contribution in [3.8, 4) is 22.0 Å². The number of H-pyrrole nitrogens is 1. The lowest BCUT2D eigenvalue weighted by Gasteiger charge is -1.98. The van der Waals surface area contributed by atoms with E-state index in [0.29, 0.717) is 0 Å². The molecule has 2 nitrogen and oxygen atoms in total. The van der Waals surface area contributed by atoms with Gasteiger partial charge in [0.2, 0.25) is 0 Å². The van der Waals surface area contributed by atoms with E-state index in [9.17, 15) is 0 Å². The molecule has 3 aromatic rings. The summed E-state index contributed by atoms with van der Waals surface area (Å²) in [6.45, 7) is 0. The second-order valence-corrected chi connectivity index (χ2v) is 5.31. The van der Waals surface area contributed by atoms with E-state index in [0.717, 1.165) is 26.4 Å². The Kier molecular flexibility index (Phi) is 2.82. The second kappa shape index (κ2) is 4.47. The van der Waals surface area contributed by atoms with Crippen molar-refractivity contribution in [2.24, 2.45) is 0 Å². The van der Waals surface area contributed by atoms with Gasteiger partial charge in [0.1, 0.15) is 5.01 Å². The van der Waals surface area contributed by atoms with Crippen molar-refractivity contribution in [1.29, 1.82) is 0 Å². The first kappa shape index (κ1) is 10.7. The number of nitrogens with one attached hydrogen (secondary N) is 1. The maximum Gasteiger partial charge on any atom is 0.125 e. The lowest BCUT2D eigenvalue weighted by Crippen LogP contribution is -1.80. The van der Waals surface area contributed by atoms with Crippen LogP contribution in [0.4, 0.5) is 0 Å². The van der Waals surface area contributed by atoms with Crippen LogP contribution in [-0.4, -0.2) is 9.97 Å². The van der Waals surface area contributed by atoms with Gasteiger partial charge < -0.3 is 4.98 Å². The van der Waals surface area contributed by atoms with E-state index >= 15 is 0 Å². The molecule has 84 valence electrons. The highest BCUT2D eigenvalue weighted by Crippen LogP contribution is 2.32. The summed E-state index contributed by atoms with van der Waals surface area (Å²) in [5, 5.41) is 3.10. The number of benzene rings is 1. The van der Waals surface area contributed by atoms with Gasteiger partial charge in [0.15, 0.2) is 0 Å². The summed E-state index contributed by atoms with van der Waals surface area (Å²) < 4.78 is 1.08. The van der Waals surface area contributed by atoms with Crippen LogP contribution in [0.5, 0.6) is 0 Å². The Labute approximate surface area is 111 Å². The lowest BCUT2D eigenvalue weighted by molar-refractivity contribution is 1.33. The van der Waals surface area contributed by atoms with Gasteiger partial charge in [-0.1, -0.05) is 34.1 Å². The second-order valence-electron chi connectivity index (χ2n) is 3.60. The normalized spacial score (nSPS) is 10.6. The average Bonchev–Trinajstić information content (AvgIpc) is 3.00. The Morgan fingerprint density at radius 1 is 1.12 bits per heavy atom. The largest absolute Gasteiger partial charge is 0.360 e. The zero-order valence-corrected chi connectivity index (χ0v) is 11.3. The lowest BCUT2D eigenvalue weighted by atomic mass is 10.2. The quantitative estimate of drug-likeness (QED) is 0.738. The molecule has 2 aromatic heterocycles. The summed E-state index contributed by atoms with van der Waals surface area (Å²) in [5.74, 6) is 0. The Hall–Kier alpha value is -1.39. The smallest absolute Gasteiger partial charge is 0.125 e. The summed E-state index contributed by atoms with van der Waals surface area (Å²) in [5.41, 5.74) is 3.18. The fourth-order valence-electron chi connectivity index (χ4n) is 1.65. The van der Waals surface area contributed by atoms with E-state index in [1.807, 2.05) is 36.5 Å². The maximum absolute atomic E-state index is 4.64. The Bertz CT molecular complexity index is 628. The fraction of sp³-hybridized carbons (Fsp3) is 0. The standard InChI is InChI=1S/C13H9BrN2S/c14-10-5-2-1-4-9(10)13-16-12(8-17-13)11-6-3-7-15-11/h1-8,15H. The highest BCUT2D eigenvalue weighted by molar-refractivity contribution is 9.10. The third-order valence-corrected chi connectivity index (χ3v) is 4.05. The van der Waals surface area contributed by atoms with Gasteiger partial charge in [-0.15, -0.1) is 11.3 Å². The predicted molar refractivity (Wildman–Crippen MR) is 75.0 cm³/mol. The minimum atomic E-state index is 0.991. The zero-order valence-electron chi connectivity index (χ0n) is 8.85. The summed E-state index contributed by atoms with van der Waals surface area (Å²) in [4.78, 5) is 7.81. The van der Waals surface area contributed by atoms with E-state index in [4.69, 9.17) is 0 Å². The Morgan fingerprint density at radius 3 is 2.76 bits per heavy atom. The van der Waals surface area contributed by atoms with Gasteiger partial charge in [-0.25, -0.2) is 4.98 Å². The van der Waals surface area contributed by atoms with Crippen LogP contribution in [0, 0.1) is 0 Å². The van der Waals surface area contributed by atoms with Crippen molar-refractivity contribution < 1.29 is 0 Å². The minimum absolute atomic E-state index is 0.991. The molecule has 1 aromatic carbocycles. The van der Waals surface area contributed by atoms with E-state index in [1.54, 1.807) is 11.3 Å². The van der Waals surface area contributed by atoms with Crippen LogP contribution >= 0.6 is 27.3 Å². The van der Waals surface area contributed by atoms with Crippen LogP contribution in [0.2, 0.25) is 0 Å². The molecule has 0 saturated heterocycles. The minimum Gasteiger partial charge on any atom is -0.360 e. The molecule has 0 amide bonds. The van der Waals surface area contributed by atoms with E-state index < -0.39 is 0 Å². The van der Waals surface area contributed by atoms with Gasteiger partial charge in [0.05, 0.1) is 11.4 Å². The summed E-state index contributed by atoms with van der Waals surface area (Å²) in [7, 11) is 0. The maximum atomic E-state index is 4.64.